The summed E-state index contributed by atoms with van der Waals surface area (Å²) in [6.45, 7) is 6.18. The molecule has 2 fully saturated rings. The Morgan fingerprint density at radius 1 is 1.02 bits per heavy atom. The summed E-state index contributed by atoms with van der Waals surface area (Å²) in [7, 11) is 0. The minimum Gasteiger partial charge on any atom is -0.479 e. The first-order valence-electron chi connectivity index (χ1n) is 15.1. The van der Waals surface area contributed by atoms with E-state index in [0.717, 1.165) is 29.9 Å². The molecule has 0 amide bonds. The zero-order valence-electron chi connectivity index (χ0n) is 25.5. The third kappa shape index (κ3) is 7.66. The molecule has 11 nitrogen and oxygen atoms in total. The van der Waals surface area contributed by atoms with Crippen LogP contribution in [-0.2, 0) is 38.9 Å². The number of para-hydroxylation sites is 1. The summed E-state index contributed by atoms with van der Waals surface area (Å²) < 4.78 is 51.8. The van der Waals surface area contributed by atoms with Crippen molar-refractivity contribution in [1.29, 1.82) is 0 Å². The van der Waals surface area contributed by atoms with E-state index < -0.39 is 42.3 Å². The van der Waals surface area contributed by atoms with Crippen molar-refractivity contribution in [3.8, 4) is 5.69 Å². The number of carbonyl (C=O) groups is 2. The van der Waals surface area contributed by atoms with Gasteiger partial charge in [0.15, 0.2) is 12.2 Å². The van der Waals surface area contributed by atoms with Crippen LogP contribution in [0.3, 0.4) is 0 Å². The lowest BCUT2D eigenvalue weighted by atomic mass is 9.84. The van der Waals surface area contributed by atoms with Crippen LogP contribution in [0.2, 0.25) is 4.34 Å². The van der Waals surface area contributed by atoms with Crippen molar-refractivity contribution in [2.75, 3.05) is 32.8 Å². The molecule has 3 aromatic rings. The monoisotopic (exact) mass is 700 g/mol. The normalized spacial score (nSPS) is 20.3. The zero-order valence-corrected chi connectivity index (χ0v) is 27.1. The summed E-state index contributed by atoms with van der Waals surface area (Å²) in [5.41, 5.74) is 2.66. The summed E-state index contributed by atoms with van der Waals surface area (Å²) in [5.74, 6) is -6.82. The molecule has 6 rings (SSSR count). The number of benzene rings is 1. The van der Waals surface area contributed by atoms with Crippen molar-refractivity contribution in [1.82, 2.24) is 19.6 Å². The number of hydrogen-bond donors (Lipinski definition) is 4. The molecule has 4 N–H and O–H groups in total. The highest BCUT2D eigenvalue weighted by atomic mass is 35.5. The number of piperidine rings is 1. The smallest absolute Gasteiger partial charge is 0.335 e. The van der Waals surface area contributed by atoms with Crippen LogP contribution in [0.4, 0.5) is 13.2 Å². The Balaban J connectivity index is 0.000000378. The second-order valence-electron chi connectivity index (χ2n) is 12.0. The van der Waals surface area contributed by atoms with E-state index in [1.165, 1.54) is 36.3 Å². The summed E-state index contributed by atoms with van der Waals surface area (Å²) in [6, 6.07) is 6.63. The molecule has 1 aromatic carbocycles. The highest BCUT2D eigenvalue weighted by Gasteiger charge is 2.51. The average molecular weight is 701 g/mol. The summed E-state index contributed by atoms with van der Waals surface area (Å²) in [4.78, 5) is 24.8. The van der Waals surface area contributed by atoms with Crippen LogP contribution >= 0.6 is 22.9 Å². The highest BCUT2D eigenvalue weighted by molar-refractivity contribution is 7.16. The maximum Gasteiger partial charge on any atom is 0.335 e. The van der Waals surface area contributed by atoms with Gasteiger partial charge in [0.2, 0.25) is 0 Å². The molecule has 2 unspecified atom stereocenters. The van der Waals surface area contributed by atoms with E-state index in [1.54, 1.807) is 10.7 Å². The molecule has 16 heteroatoms. The van der Waals surface area contributed by atoms with Crippen molar-refractivity contribution in [3.63, 3.8) is 0 Å². The number of alkyl halides is 2. The minimum absolute atomic E-state index is 0.0222. The molecule has 0 saturated carbocycles. The van der Waals surface area contributed by atoms with Gasteiger partial charge in [0, 0.05) is 48.4 Å². The third-order valence-corrected chi connectivity index (χ3v) is 10.2. The van der Waals surface area contributed by atoms with Crippen molar-refractivity contribution in [3.05, 3.63) is 67.9 Å². The largest absolute Gasteiger partial charge is 0.479 e. The summed E-state index contributed by atoms with van der Waals surface area (Å²) >= 11 is 7.35. The molecular formula is C31H36ClF3N4O7S. The zero-order chi connectivity index (χ0) is 34.1. The molecule has 256 valence electrons. The van der Waals surface area contributed by atoms with Crippen LogP contribution in [0.15, 0.2) is 30.5 Å². The van der Waals surface area contributed by atoms with E-state index in [2.05, 4.69) is 14.9 Å². The average Bonchev–Trinajstić information content (AvgIpc) is 3.77. The molecule has 0 radical (unpaired) electrons. The Kier molecular flexibility index (Phi) is 10.7. The van der Waals surface area contributed by atoms with Crippen molar-refractivity contribution >= 4 is 34.9 Å². The first-order chi connectivity index (χ1) is 22.2. The first kappa shape index (κ1) is 35.3. The van der Waals surface area contributed by atoms with E-state index in [1.807, 2.05) is 19.2 Å². The van der Waals surface area contributed by atoms with Crippen molar-refractivity contribution < 1.29 is 47.9 Å². The number of aliphatic hydroxyl groups is 2. The van der Waals surface area contributed by atoms with Crippen LogP contribution in [-0.4, -0.2) is 96.9 Å². The lowest BCUT2D eigenvalue weighted by molar-refractivity contribution is -0.182. The number of likely N-dealkylation sites (tertiary alicyclic amines) is 2. The number of carboxylic acids is 2. The highest BCUT2D eigenvalue weighted by Crippen LogP contribution is 2.52. The first-order valence-corrected chi connectivity index (χ1v) is 16.3. The number of aromatic nitrogens is 2. The SMILES string of the molecule is Cc1nn(-c2c(F)cccc2CN2CCCC2)cc1CN1CCC2(CC1)OCC(F)(F)c1cc(Cl)sc12.O=C(O)C(O)C(O)C(=O)O. The lowest BCUT2D eigenvalue weighted by Gasteiger charge is -2.45. The number of nitrogens with zero attached hydrogens (tertiary/aromatic N) is 4. The van der Waals surface area contributed by atoms with Gasteiger partial charge in [-0.25, -0.2) is 18.7 Å². The second-order valence-corrected chi connectivity index (χ2v) is 13.7. The fraction of sp³-hybridized carbons (Fsp3) is 0.516. The second kappa shape index (κ2) is 14.2. The molecule has 1 spiro atoms. The van der Waals surface area contributed by atoms with Gasteiger partial charge >= 0.3 is 11.9 Å². The van der Waals surface area contributed by atoms with E-state index >= 15 is 4.39 Å². The molecule has 3 aliphatic heterocycles. The molecule has 0 aliphatic carbocycles. The van der Waals surface area contributed by atoms with Gasteiger partial charge in [-0.2, -0.15) is 13.9 Å². The van der Waals surface area contributed by atoms with Gasteiger partial charge in [-0.05, 0) is 63.4 Å². The van der Waals surface area contributed by atoms with Crippen LogP contribution in [0.5, 0.6) is 0 Å². The lowest BCUT2D eigenvalue weighted by Crippen LogP contribution is -2.48. The van der Waals surface area contributed by atoms with Crippen LogP contribution < -0.4 is 0 Å². The number of aliphatic hydroxyl groups excluding tert-OH is 2. The van der Waals surface area contributed by atoms with Crippen molar-refractivity contribution in [2.24, 2.45) is 0 Å². The number of aliphatic carboxylic acids is 2. The maximum atomic E-state index is 15.0. The Bertz CT molecular complexity index is 1590. The summed E-state index contributed by atoms with van der Waals surface area (Å²) in [6.07, 6.45) is 0.999. The van der Waals surface area contributed by atoms with Gasteiger partial charge < -0.3 is 25.2 Å². The van der Waals surface area contributed by atoms with Gasteiger partial charge in [-0.15, -0.1) is 11.3 Å². The van der Waals surface area contributed by atoms with E-state index in [0.29, 0.717) is 53.9 Å². The number of aryl methyl sites for hydroxylation is 1. The van der Waals surface area contributed by atoms with E-state index in [9.17, 15) is 18.4 Å². The number of thiophene rings is 1. The van der Waals surface area contributed by atoms with Crippen molar-refractivity contribution in [2.45, 2.75) is 69.4 Å². The Labute approximate surface area is 277 Å². The number of ether oxygens (including phenoxy) is 1. The Morgan fingerprint density at radius 2 is 1.62 bits per heavy atom. The molecule has 3 aliphatic rings. The van der Waals surface area contributed by atoms with Gasteiger partial charge in [0.25, 0.3) is 5.92 Å². The maximum absolute atomic E-state index is 15.0. The number of fused-ring (bicyclic) bond motifs is 2. The molecule has 5 heterocycles. The number of rotatable bonds is 8. The fourth-order valence-corrected chi connectivity index (χ4v) is 7.67. The number of halogens is 4. The topological polar surface area (TPSA) is 149 Å². The van der Waals surface area contributed by atoms with Crippen LogP contribution in [0.25, 0.3) is 5.69 Å². The molecule has 47 heavy (non-hydrogen) atoms. The van der Waals surface area contributed by atoms with Gasteiger partial charge in [-0.3, -0.25) is 9.80 Å². The van der Waals surface area contributed by atoms with E-state index in [-0.39, 0.29) is 11.4 Å². The number of hydrogen-bond acceptors (Lipinski definition) is 9. The Hall–Kier alpha value is -3.05. The predicted octanol–water partition coefficient (Wildman–Crippen LogP) is 4.12. The quantitative estimate of drug-likeness (QED) is 0.271. The predicted molar refractivity (Wildman–Crippen MR) is 165 cm³/mol. The molecule has 2 aromatic heterocycles. The van der Waals surface area contributed by atoms with Crippen LogP contribution in [0, 0.1) is 12.7 Å². The van der Waals surface area contributed by atoms with Gasteiger partial charge in [0.05, 0.1) is 10.0 Å². The molecule has 2 saturated heterocycles. The molecular weight excluding hydrogens is 665 g/mol. The molecule has 0 bridgehead atoms. The third-order valence-electron chi connectivity index (χ3n) is 8.80. The fourth-order valence-electron chi connectivity index (χ4n) is 6.19. The Morgan fingerprint density at radius 3 is 2.23 bits per heavy atom. The van der Waals surface area contributed by atoms with Gasteiger partial charge in [-0.1, -0.05) is 23.7 Å². The minimum atomic E-state index is -3.01. The number of carboxylic acid groups (broad SMARTS) is 2. The van der Waals surface area contributed by atoms with Crippen LogP contribution in [0.1, 0.15) is 52.9 Å². The summed E-state index contributed by atoms with van der Waals surface area (Å²) in [5, 5.41) is 37.2. The molecule has 2 atom stereocenters. The standard InChI is InChI=1S/C27H30ClF3N4OS.C4H6O6/c1-18-20(16-35(32-18)24-19(5-4-6-22(24)29)14-33-9-2-3-10-33)15-34-11-7-26(8-12-34)25-21(13-23(28)37-25)27(30,31)17-36-26;5-1(3(7)8)2(6)4(9)10/h4-6,13,16H,2-3,7-12,14-15,17H2,1H3;1-2,5-6H,(H,7,8)(H,9,10). The van der Waals surface area contributed by atoms with E-state index in [4.69, 9.17) is 36.8 Å². The van der Waals surface area contributed by atoms with Gasteiger partial charge in [0.1, 0.15) is 23.7 Å².